The zero-order chi connectivity index (χ0) is 26.6. The maximum atomic E-state index is 14.2. The van der Waals surface area contributed by atoms with Crippen molar-refractivity contribution < 1.29 is 43.9 Å². The van der Waals surface area contributed by atoms with Crippen molar-refractivity contribution in [1.29, 1.82) is 0 Å². The van der Waals surface area contributed by atoms with Gasteiger partial charge in [0.05, 0.1) is 42.4 Å². The number of nitrogens with one attached hydrogen (secondary N) is 1. The molecule has 0 radical (unpaired) electrons. The van der Waals surface area contributed by atoms with E-state index in [9.17, 15) is 29.7 Å². The molecule has 12 heteroatoms. The maximum absolute atomic E-state index is 14.2. The molecule has 0 amide bonds. The summed E-state index contributed by atoms with van der Waals surface area (Å²) in [5.74, 6) is -4.01. The first-order valence-electron chi connectivity index (χ1n) is 11.0. The van der Waals surface area contributed by atoms with E-state index in [1.165, 1.54) is 7.11 Å². The third kappa shape index (κ3) is 3.93. The van der Waals surface area contributed by atoms with E-state index < -0.39 is 60.1 Å². The van der Waals surface area contributed by atoms with Crippen LogP contribution in [0.3, 0.4) is 0 Å². The second-order valence-electron chi connectivity index (χ2n) is 9.07. The molecule has 3 aliphatic heterocycles. The molecule has 0 bridgehead atoms. The van der Waals surface area contributed by atoms with Crippen LogP contribution < -0.4 is 5.32 Å². The minimum atomic E-state index is -2.37. The van der Waals surface area contributed by atoms with E-state index in [0.717, 1.165) is 0 Å². The SMILES string of the molecule is COC(=O)C1=C(C)NC(C)=C(C(=O)[C@@]2(O)CO[C@@]3(CC(=O)O)[C@@H](O)CO[C@@H]32)C1c1cccc(Cl)c1Cl. The molecule has 10 nitrogen and oxygen atoms in total. The molecule has 0 spiro atoms. The minimum Gasteiger partial charge on any atom is -0.481 e. The fraction of sp³-hybridized carbons (Fsp3) is 0.458. The van der Waals surface area contributed by atoms with E-state index in [1.54, 1.807) is 32.0 Å². The minimum absolute atomic E-state index is 0.0348. The van der Waals surface area contributed by atoms with Crippen LogP contribution >= 0.6 is 23.2 Å². The number of carboxylic acid groups (broad SMARTS) is 1. The van der Waals surface area contributed by atoms with E-state index in [-0.39, 0.29) is 27.8 Å². The first-order chi connectivity index (χ1) is 16.9. The summed E-state index contributed by atoms with van der Waals surface area (Å²) < 4.78 is 16.2. The predicted molar refractivity (Wildman–Crippen MR) is 126 cm³/mol. The number of aliphatic hydroxyl groups excluding tert-OH is 1. The van der Waals surface area contributed by atoms with Crippen LogP contribution in [0.5, 0.6) is 0 Å². The third-order valence-electron chi connectivity index (χ3n) is 6.95. The van der Waals surface area contributed by atoms with Crippen molar-refractivity contribution in [3.63, 3.8) is 0 Å². The number of allylic oxidation sites excluding steroid dienone is 2. The van der Waals surface area contributed by atoms with Crippen LogP contribution in [-0.2, 0) is 28.6 Å². The number of benzene rings is 1. The van der Waals surface area contributed by atoms with Crippen molar-refractivity contribution in [2.75, 3.05) is 20.3 Å². The number of halogens is 2. The molecule has 3 aliphatic rings. The largest absolute Gasteiger partial charge is 0.481 e. The van der Waals surface area contributed by atoms with Gasteiger partial charge < -0.3 is 34.8 Å². The van der Waals surface area contributed by atoms with E-state index in [2.05, 4.69) is 5.32 Å². The molecule has 0 aromatic heterocycles. The van der Waals surface area contributed by atoms with Crippen LogP contribution in [0, 0.1) is 0 Å². The Hall–Kier alpha value is -2.47. The molecule has 1 aromatic rings. The Labute approximate surface area is 216 Å². The lowest BCUT2D eigenvalue weighted by Crippen LogP contribution is -2.57. The van der Waals surface area contributed by atoms with E-state index >= 15 is 0 Å². The van der Waals surface area contributed by atoms with Gasteiger partial charge in [0.25, 0.3) is 0 Å². The number of hydrogen-bond acceptors (Lipinski definition) is 9. The van der Waals surface area contributed by atoms with Gasteiger partial charge in [-0.3, -0.25) is 9.59 Å². The number of dihydropyridines is 1. The van der Waals surface area contributed by atoms with Crippen LogP contribution in [0.2, 0.25) is 10.0 Å². The molecule has 4 N–H and O–H groups in total. The van der Waals surface area contributed by atoms with Gasteiger partial charge in [0.2, 0.25) is 0 Å². The van der Waals surface area contributed by atoms with Gasteiger partial charge in [-0.25, -0.2) is 4.79 Å². The quantitative estimate of drug-likeness (QED) is 0.391. The average Bonchev–Trinajstić information content (AvgIpc) is 3.29. The normalized spacial score (nSPS) is 31.8. The monoisotopic (exact) mass is 541 g/mol. The molecule has 2 saturated heterocycles. The molecule has 4 rings (SSSR count). The molecule has 194 valence electrons. The maximum Gasteiger partial charge on any atom is 0.336 e. The number of carbonyl (C=O) groups excluding carboxylic acids is 2. The number of methoxy groups -OCH3 is 1. The number of rotatable bonds is 6. The van der Waals surface area contributed by atoms with Gasteiger partial charge in [0.1, 0.15) is 17.8 Å². The Bertz CT molecular complexity index is 1210. The van der Waals surface area contributed by atoms with Crippen molar-refractivity contribution in [3.8, 4) is 0 Å². The van der Waals surface area contributed by atoms with Crippen molar-refractivity contribution in [1.82, 2.24) is 5.32 Å². The Morgan fingerprint density at radius 1 is 1.19 bits per heavy atom. The summed E-state index contributed by atoms with van der Waals surface area (Å²) in [7, 11) is 1.19. The highest BCUT2D eigenvalue weighted by Gasteiger charge is 2.69. The third-order valence-corrected chi connectivity index (χ3v) is 7.78. The van der Waals surface area contributed by atoms with Gasteiger partial charge >= 0.3 is 11.9 Å². The molecule has 0 saturated carbocycles. The summed E-state index contributed by atoms with van der Waals surface area (Å²) >= 11 is 12.8. The summed E-state index contributed by atoms with van der Waals surface area (Å²) in [4.78, 5) is 38.6. The van der Waals surface area contributed by atoms with E-state index in [4.69, 9.17) is 37.4 Å². The van der Waals surface area contributed by atoms with Gasteiger partial charge in [0.15, 0.2) is 11.4 Å². The Morgan fingerprint density at radius 2 is 1.86 bits per heavy atom. The Morgan fingerprint density at radius 3 is 2.50 bits per heavy atom. The molecule has 0 aliphatic carbocycles. The highest BCUT2D eigenvalue weighted by atomic mass is 35.5. The summed E-state index contributed by atoms with van der Waals surface area (Å²) in [5, 5.41) is 34.9. The van der Waals surface area contributed by atoms with Gasteiger partial charge in [-0.05, 0) is 25.5 Å². The van der Waals surface area contributed by atoms with E-state index in [0.29, 0.717) is 17.0 Å². The molecular formula is C24H25Cl2NO9. The lowest BCUT2D eigenvalue weighted by molar-refractivity contribution is -0.151. The first kappa shape index (κ1) is 26.6. The second-order valence-corrected chi connectivity index (χ2v) is 9.85. The topological polar surface area (TPSA) is 152 Å². The van der Waals surface area contributed by atoms with E-state index in [1.807, 2.05) is 0 Å². The fourth-order valence-corrected chi connectivity index (χ4v) is 5.74. The Kier molecular flexibility index (Phi) is 6.97. The number of esters is 1. The molecule has 1 unspecified atom stereocenters. The summed E-state index contributed by atoms with van der Waals surface area (Å²) in [6.45, 7) is 2.25. The average molecular weight is 542 g/mol. The van der Waals surface area contributed by atoms with Crippen molar-refractivity contribution in [2.24, 2.45) is 0 Å². The van der Waals surface area contributed by atoms with Crippen molar-refractivity contribution in [2.45, 2.75) is 49.6 Å². The molecule has 3 heterocycles. The van der Waals surface area contributed by atoms with Crippen LogP contribution in [0.25, 0.3) is 0 Å². The fourth-order valence-electron chi connectivity index (χ4n) is 5.32. The van der Waals surface area contributed by atoms with Gasteiger partial charge in [-0.15, -0.1) is 0 Å². The summed E-state index contributed by atoms with van der Waals surface area (Å²) in [6.07, 6.45) is -3.56. The lowest BCUT2D eigenvalue weighted by Gasteiger charge is -2.36. The summed E-state index contributed by atoms with van der Waals surface area (Å²) in [5.41, 5.74) is -3.13. The predicted octanol–water partition coefficient (Wildman–Crippen LogP) is 1.70. The van der Waals surface area contributed by atoms with Gasteiger partial charge in [-0.1, -0.05) is 35.3 Å². The van der Waals surface area contributed by atoms with Crippen molar-refractivity contribution in [3.05, 3.63) is 56.3 Å². The zero-order valence-electron chi connectivity index (χ0n) is 19.6. The number of aliphatic hydroxyl groups is 2. The lowest BCUT2D eigenvalue weighted by atomic mass is 9.72. The number of ketones is 1. The highest BCUT2D eigenvalue weighted by Crippen LogP contribution is 2.50. The number of aliphatic carboxylic acids is 1. The number of ether oxygens (including phenoxy) is 3. The Balaban J connectivity index is 1.87. The summed E-state index contributed by atoms with van der Waals surface area (Å²) in [6, 6.07) is 4.75. The molecule has 5 atom stereocenters. The second kappa shape index (κ2) is 9.44. The number of Topliss-reactive ketones (excluding diaryl/α,β-unsaturated/α-hetero) is 1. The molecule has 36 heavy (non-hydrogen) atoms. The zero-order valence-corrected chi connectivity index (χ0v) is 21.1. The van der Waals surface area contributed by atoms with Gasteiger partial charge in [0, 0.05) is 22.9 Å². The first-order valence-corrected chi connectivity index (χ1v) is 11.8. The highest BCUT2D eigenvalue weighted by molar-refractivity contribution is 6.42. The number of fused-ring (bicyclic) bond motifs is 1. The van der Waals surface area contributed by atoms with Crippen LogP contribution in [0.15, 0.2) is 40.7 Å². The molecular weight excluding hydrogens is 517 g/mol. The van der Waals surface area contributed by atoms with Crippen LogP contribution in [0.4, 0.5) is 0 Å². The number of hydrogen-bond donors (Lipinski definition) is 4. The van der Waals surface area contributed by atoms with Crippen LogP contribution in [-0.4, -0.2) is 76.8 Å². The molecule has 1 aromatic carbocycles. The van der Waals surface area contributed by atoms with Crippen molar-refractivity contribution >= 4 is 40.9 Å². The standard InChI is InChI=1S/C24H25Cl2NO9/c1-10-16(20(31)23(33)9-36-24(7-15(29)30)14(28)8-35-22(23)24)18(12-5-4-6-13(25)19(12)26)17(11(2)27-10)21(32)34-3/h4-6,14,18,22,27-28,33H,7-9H2,1-3H3,(H,29,30)/t14-,18?,22+,23-,24-/m0/s1. The van der Waals surface area contributed by atoms with Gasteiger partial charge in [-0.2, -0.15) is 0 Å². The number of carboxylic acids is 1. The van der Waals surface area contributed by atoms with Crippen LogP contribution in [0.1, 0.15) is 31.7 Å². The number of carbonyl (C=O) groups is 3. The molecule has 2 fully saturated rings. The smallest absolute Gasteiger partial charge is 0.336 e.